The summed E-state index contributed by atoms with van der Waals surface area (Å²) < 4.78 is 2.19. The van der Waals surface area contributed by atoms with Crippen LogP contribution >= 0.6 is 0 Å². The van der Waals surface area contributed by atoms with Crippen molar-refractivity contribution in [3.63, 3.8) is 0 Å². The summed E-state index contributed by atoms with van der Waals surface area (Å²) in [5, 5.41) is 0. The zero-order valence-corrected chi connectivity index (χ0v) is 11.6. The maximum Gasteiger partial charge on any atom is 0.0948 e. The molecule has 17 heavy (non-hydrogen) atoms. The second-order valence-corrected chi connectivity index (χ2v) is 5.46. The second kappa shape index (κ2) is 6.80. The lowest BCUT2D eigenvalue weighted by Gasteiger charge is -2.20. The summed E-state index contributed by atoms with van der Waals surface area (Å²) >= 11 is 0. The van der Waals surface area contributed by atoms with Gasteiger partial charge in [0.1, 0.15) is 0 Å². The molecule has 98 valence electrons. The molecule has 1 aromatic rings. The first-order valence-corrected chi connectivity index (χ1v) is 6.85. The minimum atomic E-state index is -0.293. The van der Waals surface area contributed by atoms with Crippen LogP contribution in [0.4, 0.5) is 0 Å². The zero-order chi connectivity index (χ0) is 12.7. The molecular formula is C14H27N3. The highest BCUT2D eigenvalue weighted by atomic mass is 15.1. The van der Waals surface area contributed by atoms with E-state index in [9.17, 15) is 0 Å². The third kappa shape index (κ3) is 4.90. The molecule has 1 rings (SSSR count). The maximum atomic E-state index is 6.11. The monoisotopic (exact) mass is 237 g/mol. The average molecular weight is 237 g/mol. The number of nitrogens with two attached hydrogens (primary N) is 1. The van der Waals surface area contributed by atoms with E-state index in [-0.39, 0.29) is 5.54 Å². The predicted molar refractivity (Wildman–Crippen MR) is 72.8 cm³/mol. The highest BCUT2D eigenvalue weighted by Crippen LogP contribution is 2.17. The fourth-order valence-corrected chi connectivity index (χ4v) is 2.10. The van der Waals surface area contributed by atoms with Crippen molar-refractivity contribution in [2.75, 3.05) is 0 Å². The van der Waals surface area contributed by atoms with E-state index in [2.05, 4.69) is 16.5 Å². The van der Waals surface area contributed by atoms with Crippen LogP contribution in [0.25, 0.3) is 0 Å². The number of hydrogen-bond acceptors (Lipinski definition) is 2. The highest BCUT2D eigenvalue weighted by molar-refractivity contribution is 5.09. The van der Waals surface area contributed by atoms with Crippen molar-refractivity contribution >= 4 is 0 Å². The third-order valence-corrected chi connectivity index (χ3v) is 3.13. The summed E-state index contributed by atoms with van der Waals surface area (Å²) in [7, 11) is 0. The number of imidazole rings is 1. The molecule has 0 bridgehead atoms. The van der Waals surface area contributed by atoms with Crippen LogP contribution in [-0.2, 0) is 12.1 Å². The Labute approximate surface area is 105 Å². The summed E-state index contributed by atoms with van der Waals surface area (Å²) in [5.74, 6) is 0. The van der Waals surface area contributed by atoms with Gasteiger partial charge in [-0.3, -0.25) is 0 Å². The molecule has 1 heterocycles. The number of unbranched alkanes of at least 4 members (excludes halogenated alkanes) is 5. The predicted octanol–water partition coefficient (Wildman–Crippen LogP) is 3.44. The molecule has 0 radical (unpaired) electrons. The Kier molecular flexibility index (Phi) is 5.69. The van der Waals surface area contributed by atoms with Crippen molar-refractivity contribution in [1.29, 1.82) is 0 Å². The number of hydrogen-bond donors (Lipinski definition) is 1. The Hall–Kier alpha value is -0.830. The van der Waals surface area contributed by atoms with Gasteiger partial charge in [-0.2, -0.15) is 0 Å². The van der Waals surface area contributed by atoms with Crippen LogP contribution in [0.5, 0.6) is 0 Å². The van der Waals surface area contributed by atoms with Gasteiger partial charge in [0.25, 0.3) is 0 Å². The Balaban J connectivity index is 2.30. The molecule has 0 unspecified atom stereocenters. The molecule has 0 spiro atoms. The Bertz CT molecular complexity index is 310. The summed E-state index contributed by atoms with van der Waals surface area (Å²) in [6.45, 7) is 7.35. The summed E-state index contributed by atoms with van der Waals surface area (Å²) in [5.41, 5.74) is 6.95. The third-order valence-electron chi connectivity index (χ3n) is 3.13. The topological polar surface area (TPSA) is 43.8 Å². The first kappa shape index (κ1) is 14.2. The number of rotatable bonds is 8. The smallest absolute Gasteiger partial charge is 0.0948 e. The van der Waals surface area contributed by atoms with E-state index in [1.807, 2.05) is 26.4 Å². The van der Waals surface area contributed by atoms with Gasteiger partial charge >= 0.3 is 0 Å². The maximum absolute atomic E-state index is 6.11. The molecular weight excluding hydrogens is 210 g/mol. The van der Waals surface area contributed by atoms with E-state index >= 15 is 0 Å². The van der Waals surface area contributed by atoms with Crippen molar-refractivity contribution in [3.8, 4) is 0 Å². The fraction of sp³-hybridized carbons (Fsp3) is 0.786. The lowest BCUT2D eigenvalue weighted by Crippen LogP contribution is -2.31. The van der Waals surface area contributed by atoms with Crippen molar-refractivity contribution in [1.82, 2.24) is 9.55 Å². The minimum Gasteiger partial charge on any atom is -0.333 e. The van der Waals surface area contributed by atoms with Crippen LogP contribution in [0.1, 0.15) is 65.0 Å². The molecule has 0 atom stereocenters. The normalized spacial score (nSPS) is 12.0. The van der Waals surface area contributed by atoms with Crippen molar-refractivity contribution in [3.05, 3.63) is 18.2 Å². The Morgan fingerprint density at radius 1 is 1.18 bits per heavy atom. The molecule has 0 amide bonds. The first-order chi connectivity index (χ1) is 8.05. The summed E-state index contributed by atoms with van der Waals surface area (Å²) in [6, 6.07) is 0. The van der Waals surface area contributed by atoms with E-state index in [4.69, 9.17) is 5.73 Å². The summed E-state index contributed by atoms with van der Waals surface area (Å²) in [4.78, 5) is 4.20. The van der Waals surface area contributed by atoms with Crippen molar-refractivity contribution in [2.24, 2.45) is 5.73 Å². The second-order valence-electron chi connectivity index (χ2n) is 5.46. The number of nitrogens with zero attached hydrogens (tertiary/aromatic N) is 2. The van der Waals surface area contributed by atoms with Crippen LogP contribution in [0.2, 0.25) is 0 Å². The van der Waals surface area contributed by atoms with E-state index in [1.165, 1.54) is 38.5 Å². The Morgan fingerprint density at radius 3 is 2.47 bits per heavy atom. The molecule has 1 aromatic heterocycles. The van der Waals surface area contributed by atoms with E-state index in [0.717, 1.165) is 12.2 Å². The number of aromatic nitrogens is 2. The van der Waals surface area contributed by atoms with Gasteiger partial charge in [0.15, 0.2) is 0 Å². The van der Waals surface area contributed by atoms with Crippen molar-refractivity contribution < 1.29 is 0 Å². The molecule has 0 aromatic carbocycles. The van der Waals surface area contributed by atoms with E-state index < -0.39 is 0 Å². The van der Waals surface area contributed by atoms with Crippen LogP contribution in [0.15, 0.2) is 12.5 Å². The van der Waals surface area contributed by atoms with Gasteiger partial charge in [0, 0.05) is 12.7 Å². The van der Waals surface area contributed by atoms with Gasteiger partial charge in [-0.25, -0.2) is 4.98 Å². The van der Waals surface area contributed by atoms with Gasteiger partial charge in [-0.05, 0) is 20.3 Å². The first-order valence-electron chi connectivity index (χ1n) is 6.85. The van der Waals surface area contributed by atoms with Crippen molar-refractivity contribution in [2.45, 2.75) is 71.4 Å². The van der Waals surface area contributed by atoms with Gasteiger partial charge < -0.3 is 10.3 Å². The molecule has 3 heteroatoms. The SMILES string of the molecule is CCCCCCCCn1cncc1C(C)(C)N. The van der Waals surface area contributed by atoms with Gasteiger partial charge in [-0.15, -0.1) is 0 Å². The Morgan fingerprint density at radius 2 is 1.82 bits per heavy atom. The van der Waals surface area contributed by atoms with E-state index in [0.29, 0.717) is 0 Å². The number of aryl methyl sites for hydroxylation is 1. The lowest BCUT2D eigenvalue weighted by atomic mass is 10.0. The molecule has 3 nitrogen and oxygen atoms in total. The largest absolute Gasteiger partial charge is 0.333 e. The van der Waals surface area contributed by atoms with Crippen LogP contribution in [0.3, 0.4) is 0 Å². The lowest BCUT2D eigenvalue weighted by molar-refractivity contribution is 0.475. The summed E-state index contributed by atoms with van der Waals surface area (Å²) in [6.07, 6.45) is 11.7. The van der Waals surface area contributed by atoms with Gasteiger partial charge in [-0.1, -0.05) is 39.0 Å². The minimum absolute atomic E-state index is 0.293. The molecule has 0 aliphatic carbocycles. The highest BCUT2D eigenvalue weighted by Gasteiger charge is 2.18. The van der Waals surface area contributed by atoms with Crippen LogP contribution < -0.4 is 5.73 Å². The molecule has 0 fully saturated rings. The molecule has 0 saturated heterocycles. The molecule has 0 aliphatic rings. The zero-order valence-electron chi connectivity index (χ0n) is 11.6. The fourth-order valence-electron chi connectivity index (χ4n) is 2.10. The van der Waals surface area contributed by atoms with Gasteiger partial charge in [0.2, 0.25) is 0 Å². The standard InChI is InChI=1S/C14H27N3/c1-4-5-6-7-8-9-10-17-12-16-11-13(17)14(2,3)15/h11-12H,4-10,15H2,1-3H3. The quantitative estimate of drug-likeness (QED) is 0.704. The van der Waals surface area contributed by atoms with E-state index in [1.54, 1.807) is 0 Å². The van der Waals surface area contributed by atoms with Crippen LogP contribution in [-0.4, -0.2) is 9.55 Å². The van der Waals surface area contributed by atoms with Gasteiger partial charge in [0.05, 0.1) is 17.6 Å². The molecule has 2 N–H and O–H groups in total. The van der Waals surface area contributed by atoms with Crippen LogP contribution in [0, 0.1) is 0 Å². The molecule has 0 saturated carbocycles. The molecule has 0 aliphatic heterocycles. The average Bonchev–Trinajstić information content (AvgIpc) is 2.71.